The predicted molar refractivity (Wildman–Crippen MR) is 81.2 cm³/mol. The van der Waals surface area contributed by atoms with Gasteiger partial charge < -0.3 is 15.2 Å². The molecule has 110 valence electrons. The molecule has 0 heterocycles. The van der Waals surface area contributed by atoms with E-state index in [1.54, 1.807) is 36.4 Å². The van der Waals surface area contributed by atoms with E-state index in [9.17, 15) is 4.79 Å². The Balaban J connectivity index is 1.79. The Bertz CT molecular complexity index is 616. The van der Waals surface area contributed by atoms with Crippen LogP contribution in [-0.2, 0) is 17.9 Å². The topological polar surface area (TPSA) is 58.6 Å². The highest BCUT2D eigenvalue weighted by Gasteiger charge is 2.03. The molecular weight excluding hydrogens is 290 g/mol. The second kappa shape index (κ2) is 7.67. The minimum Gasteiger partial charge on any atom is -0.484 e. The van der Waals surface area contributed by atoms with Gasteiger partial charge in [0.2, 0.25) is 0 Å². The first-order valence-corrected chi connectivity index (χ1v) is 6.89. The molecule has 0 unspecified atom stereocenters. The van der Waals surface area contributed by atoms with E-state index in [4.69, 9.17) is 21.4 Å². The van der Waals surface area contributed by atoms with Crippen LogP contribution in [0.15, 0.2) is 48.5 Å². The molecule has 4 nitrogen and oxygen atoms in total. The Labute approximate surface area is 128 Å². The van der Waals surface area contributed by atoms with Crippen LogP contribution in [0.25, 0.3) is 0 Å². The Morgan fingerprint density at radius 3 is 2.67 bits per heavy atom. The van der Waals surface area contributed by atoms with Gasteiger partial charge in [-0.15, -0.1) is 0 Å². The molecular formula is C16H16ClNO3. The fraction of sp³-hybridized carbons (Fsp3) is 0.188. The molecule has 2 N–H and O–H groups in total. The van der Waals surface area contributed by atoms with Gasteiger partial charge in [0.05, 0.1) is 6.61 Å². The Morgan fingerprint density at radius 2 is 1.90 bits per heavy atom. The second-order valence-electron chi connectivity index (χ2n) is 4.50. The third-order valence-corrected chi connectivity index (χ3v) is 3.06. The number of halogens is 1. The number of carbonyl (C=O) groups excluding carboxylic acids is 1. The average molecular weight is 306 g/mol. The van der Waals surface area contributed by atoms with Crippen LogP contribution in [0, 0.1) is 0 Å². The summed E-state index contributed by atoms with van der Waals surface area (Å²) in [7, 11) is 0. The number of ether oxygens (including phenoxy) is 1. The van der Waals surface area contributed by atoms with E-state index in [1.807, 2.05) is 12.1 Å². The molecule has 0 spiro atoms. The van der Waals surface area contributed by atoms with Gasteiger partial charge in [-0.1, -0.05) is 35.9 Å². The van der Waals surface area contributed by atoms with Crippen molar-refractivity contribution in [2.45, 2.75) is 13.2 Å². The SMILES string of the molecule is O=C(COc1cccc(CO)c1)NCc1cccc(Cl)c1. The molecule has 2 rings (SSSR count). The van der Waals surface area contributed by atoms with Crippen LogP contribution in [-0.4, -0.2) is 17.6 Å². The van der Waals surface area contributed by atoms with Gasteiger partial charge >= 0.3 is 0 Å². The summed E-state index contributed by atoms with van der Waals surface area (Å²) >= 11 is 5.87. The highest BCUT2D eigenvalue weighted by molar-refractivity contribution is 6.30. The first-order valence-electron chi connectivity index (χ1n) is 6.51. The zero-order valence-electron chi connectivity index (χ0n) is 11.4. The Morgan fingerprint density at radius 1 is 1.14 bits per heavy atom. The van der Waals surface area contributed by atoms with Crippen LogP contribution in [0.2, 0.25) is 5.02 Å². The molecule has 0 bridgehead atoms. The lowest BCUT2D eigenvalue weighted by atomic mass is 10.2. The molecule has 5 heteroatoms. The monoisotopic (exact) mass is 305 g/mol. The summed E-state index contributed by atoms with van der Waals surface area (Å²) in [4.78, 5) is 11.7. The number of nitrogens with one attached hydrogen (secondary N) is 1. The molecule has 0 fully saturated rings. The zero-order chi connectivity index (χ0) is 15.1. The number of carbonyl (C=O) groups is 1. The largest absolute Gasteiger partial charge is 0.484 e. The van der Waals surface area contributed by atoms with Crippen molar-refractivity contribution < 1.29 is 14.6 Å². The first kappa shape index (κ1) is 15.4. The lowest BCUT2D eigenvalue weighted by Crippen LogP contribution is -2.28. The number of aliphatic hydroxyl groups is 1. The molecule has 0 radical (unpaired) electrons. The van der Waals surface area contributed by atoms with Crippen LogP contribution in [0.1, 0.15) is 11.1 Å². The molecule has 0 aliphatic rings. The zero-order valence-corrected chi connectivity index (χ0v) is 12.1. The summed E-state index contributed by atoms with van der Waals surface area (Å²) in [5.74, 6) is 0.337. The fourth-order valence-electron chi connectivity index (χ4n) is 1.78. The van der Waals surface area contributed by atoms with Crippen molar-refractivity contribution in [2.24, 2.45) is 0 Å². The maximum absolute atomic E-state index is 11.7. The quantitative estimate of drug-likeness (QED) is 0.862. The first-order chi connectivity index (χ1) is 10.2. The van der Waals surface area contributed by atoms with Crippen LogP contribution < -0.4 is 10.1 Å². The van der Waals surface area contributed by atoms with E-state index < -0.39 is 0 Å². The smallest absolute Gasteiger partial charge is 0.258 e. The summed E-state index contributed by atoms with van der Waals surface area (Å²) in [5, 5.41) is 12.4. The normalized spacial score (nSPS) is 10.2. The van der Waals surface area contributed by atoms with Crippen LogP contribution in [0.3, 0.4) is 0 Å². The summed E-state index contributed by atoms with van der Waals surface area (Å²) in [6.45, 7) is 0.271. The highest BCUT2D eigenvalue weighted by Crippen LogP contribution is 2.13. The molecule has 1 amide bonds. The number of benzene rings is 2. The molecule has 0 aliphatic heterocycles. The van der Waals surface area contributed by atoms with Crippen molar-refractivity contribution in [1.82, 2.24) is 5.32 Å². The van der Waals surface area contributed by atoms with Gasteiger partial charge in [-0.2, -0.15) is 0 Å². The lowest BCUT2D eigenvalue weighted by molar-refractivity contribution is -0.123. The molecule has 0 saturated heterocycles. The van der Waals surface area contributed by atoms with Crippen molar-refractivity contribution >= 4 is 17.5 Å². The summed E-state index contributed by atoms with van der Waals surface area (Å²) in [6, 6.07) is 14.3. The molecule has 0 aliphatic carbocycles. The number of aliphatic hydroxyl groups excluding tert-OH is 1. The van der Waals surface area contributed by atoms with Crippen molar-refractivity contribution in [3.8, 4) is 5.75 Å². The van der Waals surface area contributed by atoms with Gasteiger partial charge in [0.25, 0.3) is 5.91 Å². The maximum Gasteiger partial charge on any atom is 0.258 e. The van der Waals surface area contributed by atoms with Gasteiger partial charge in [0.1, 0.15) is 5.75 Å². The van der Waals surface area contributed by atoms with Gasteiger partial charge in [-0.05, 0) is 35.4 Å². The fourth-order valence-corrected chi connectivity index (χ4v) is 1.99. The second-order valence-corrected chi connectivity index (χ2v) is 4.94. The Kier molecular flexibility index (Phi) is 5.60. The van der Waals surface area contributed by atoms with Crippen LogP contribution in [0.4, 0.5) is 0 Å². The van der Waals surface area contributed by atoms with Crippen molar-refractivity contribution in [3.63, 3.8) is 0 Å². The predicted octanol–water partition coefficient (Wildman–Crippen LogP) is 2.53. The average Bonchev–Trinajstić information content (AvgIpc) is 2.51. The van der Waals surface area contributed by atoms with E-state index >= 15 is 0 Å². The van der Waals surface area contributed by atoms with E-state index in [0.29, 0.717) is 17.3 Å². The van der Waals surface area contributed by atoms with Gasteiger partial charge in [-0.25, -0.2) is 0 Å². The van der Waals surface area contributed by atoms with Crippen molar-refractivity contribution in [2.75, 3.05) is 6.61 Å². The summed E-state index contributed by atoms with van der Waals surface area (Å²) in [6.07, 6.45) is 0. The summed E-state index contributed by atoms with van der Waals surface area (Å²) in [5.41, 5.74) is 1.67. The van der Waals surface area contributed by atoms with Crippen molar-refractivity contribution in [3.05, 3.63) is 64.7 Å². The Hall–Kier alpha value is -2.04. The van der Waals surface area contributed by atoms with Gasteiger partial charge in [0.15, 0.2) is 6.61 Å². The van der Waals surface area contributed by atoms with E-state index in [-0.39, 0.29) is 19.1 Å². The lowest BCUT2D eigenvalue weighted by Gasteiger charge is -2.08. The minimum atomic E-state index is -0.218. The van der Waals surface area contributed by atoms with Crippen molar-refractivity contribution in [1.29, 1.82) is 0 Å². The standard InChI is InChI=1S/C16H16ClNO3/c17-14-5-1-3-12(7-14)9-18-16(20)11-21-15-6-2-4-13(8-15)10-19/h1-8,19H,9-11H2,(H,18,20). The van der Waals surface area contributed by atoms with Gasteiger partial charge in [0, 0.05) is 11.6 Å². The van der Waals surface area contributed by atoms with Gasteiger partial charge in [-0.3, -0.25) is 4.79 Å². The molecule has 21 heavy (non-hydrogen) atoms. The molecule has 0 atom stereocenters. The highest BCUT2D eigenvalue weighted by atomic mass is 35.5. The summed E-state index contributed by atoms with van der Waals surface area (Å²) < 4.78 is 5.37. The molecule has 2 aromatic carbocycles. The number of rotatable bonds is 6. The van der Waals surface area contributed by atoms with Crippen LogP contribution >= 0.6 is 11.6 Å². The third kappa shape index (κ3) is 5.10. The number of amides is 1. The third-order valence-electron chi connectivity index (χ3n) is 2.83. The van der Waals surface area contributed by atoms with E-state index in [1.165, 1.54) is 0 Å². The van der Waals surface area contributed by atoms with Crippen LogP contribution in [0.5, 0.6) is 5.75 Å². The maximum atomic E-state index is 11.7. The molecule has 0 saturated carbocycles. The number of hydrogen-bond acceptors (Lipinski definition) is 3. The number of hydrogen-bond donors (Lipinski definition) is 2. The van der Waals surface area contributed by atoms with E-state index in [2.05, 4.69) is 5.32 Å². The minimum absolute atomic E-state index is 0.0574. The van der Waals surface area contributed by atoms with E-state index in [0.717, 1.165) is 11.1 Å². The molecule has 2 aromatic rings. The molecule has 0 aromatic heterocycles.